The highest BCUT2D eigenvalue weighted by molar-refractivity contribution is 9.10. The largest absolute Gasteiger partial charge is 0.490 e. The minimum Gasteiger partial charge on any atom is -0.490 e. The summed E-state index contributed by atoms with van der Waals surface area (Å²) in [7, 11) is 0. The van der Waals surface area contributed by atoms with Gasteiger partial charge in [0.1, 0.15) is 11.6 Å². The molecule has 0 bridgehead atoms. The van der Waals surface area contributed by atoms with E-state index in [0.29, 0.717) is 16.7 Å². The first kappa shape index (κ1) is 22.2. The van der Waals surface area contributed by atoms with Crippen LogP contribution in [0.25, 0.3) is 21.7 Å². The van der Waals surface area contributed by atoms with Gasteiger partial charge in [-0.15, -0.1) is 0 Å². The lowest BCUT2D eigenvalue weighted by atomic mass is 10.0. The van der Waals surface area contributed by atoms with E-state index in [4.69, 9.17) is 9.72 Å². The molecule has 1 heterocycles. The predicted octanol–water partition coefficient (Wildman–Crippen LogP) is 6.50. The molecule has 3 aromatic carbocycles. The van der Waals surface area contributed by atoms with Gasteiger partial charge in [0, 0.05) is 16.0 Å². The van der Waals surface area contributed by atoms with Crippen molar-refractivity contribution < 1.29 is 4.74 Å². The molecule has 6 heteroatoms. The smallest absolute Gasteiger partial charge is 0.282 e. The van der Waals surface area contributed by atoms with E-state index in [1.807, 2.05) is 63.2 Å². The summed E-state index contributed by atoms with van der Waals surface area (Å²) in [6, 6.07) is 17.6. The van der Waals surface area contributed by atoms with Crippen molar-refractivity contribution >= 4 is 43.8 Å². The summed E-state index contributed by atoms with van der Waals surface area (Å²) in [5.41, 5.74) is 1.32. The zero-order valence-electron chi connectivity index (χ0n) is 18.7. The van der Waals surface area contributed by atoms with Gasteiger partial charge in [0.05, 0.1) is 23.2 Å². The summed E-state index contributed by atoms with van der Waals surface area (Å²) >= 11 is 3.45. The van der Waals surface area contributed by atoms with Gasteiger partial charge in [-0.05, 0) is 48.4 Å². The number of benzene rings is 3. The molecule has 0 aliphatic heterocycles. The van der Waals surface area contributed by atoms with Crippen LogP contribution >= 0.6 is 15.9 Å². The second-order valence-electron chi connectivity index (χ2n) is 8.18. The van der Waals surface area contributed by atoms with Crippen LogP contribution in [0.5, 0.6) is 5.75 Å². The van der Waals surface area contributed by atoms with Crippen LogP contribution < -0.4 is 10.3 Å². The van der Waals surface area contributed by atoms with Crippen LogP contribution in [0.15, 0.2) is 69.0 Å². The van der Waals surface area contributed by atoms with Gasteiger partial charge >= 0.3 is 0 Å². The first-order valence-electron chi connectivity index (χ1n) is 10.8. The van der Waals surface area contributed by atoms with Crippen LogP contribution in [-0.4, -0.2) is 22.0 Å². The lowest BCUT2D eigenvalue weighted by molar-refractivity contribution is 0.217. The lowest BCUT2D eigenvalue weighted by Crippen LogP contribution is -2.23. The van der Waals surface area contributed by atoms with E-state index < -0.39 is 0 Å². The molecule has 0 unspecified atom stereocenters. The molecule has 0 fully saturated rings. The zero-order valence-corrected chi connectivity index (χ0v) is 20.3. The fourth-order valence-electron chi connectivity index (χ4n) is 3.58. The number of hydrogen-bond donors (Lipinski definition) is 0. The Labute approximate surface area is 195 Å². The summed E-state index contributed by atoms with van der Waals surface area (Å²) in [6.45, 7) is 8.15. The van der Waals surface area contributed by atoms with Gasteiger partial charge in [-0.25, -0.2) is 4.98 Å². The van der Waals surface area contributed by atoms with E-state index in [1.165, 1.54) is 4.68 Å². The highest BCUT2D eigenvalue weighted by Gasteiger charge is 2.15. The minimum atomic E-state index is -0.194. The molecule has 4 rings (SSSR count). The van der Waals surface area contributed by atoms with Crippen molar-refractivity contribution in [2.45, 2.75) is 46.1 Å². The number of nitrogens with zero attached hydrogens (tertiary/aromatic N) is 3. The first-order valence-corrected chi connectivity index (χ1v) is 11.6. The molecule has 0 aliphatic rings. The van der Waals surface area contributed by atoms with Crippen LogP contribution in [0.2, 0.25) is 0 Å². The second-order valence-corrected chi connectivity index (χ2v) is 9.10. The van der Waals surface area contributed by atoms with Crippen LogP contribution in [0.3, 0.4) is 0 Å². The molecule has 0 radical (unpaired) electrons. The molecule has 0 N–H and O–H groups in total. The molecule has 1 atom stereocenters. The SMILES string of the molecule is CC[C@H](C)Oc1ccc2ccccc2c1C=Nn1c(C(C)C)nc2ccc(Br)cc2c1=O. The van der Waals surface area contributed by atoms with E-state index in [9.17, 15) is 4.79 Å². The average molecular weight is 492 g/mol. The Balaban J connectivity index is 1.93. The van der Waals surface area contributed by atoms with Crippen molar-refractivity contribution in [2.24, 2.45) is 5.10 Å². The maximum absolute atomic E-state index is 13.4. The van der Waals surface area contributed by atoms with Crippen molar-refractivity contribution in [3.05, 3.63) is 80.8 Å². The molecule has 0 saturated heterocycles. The van der Waals surface area contributed by atoms with Crippen LogP contribution in [0.4, 0.5) is 0 Å². The molecule has 4 aromatic rings. The quantitative estimate of drug-likeness (QED) is 0.289. The van der Waals surface area contributed by atoms with E-state index >= 15 is 0 Å². The van der Waals surface area contributed by atoms with Gasteiger partial charge in [-0.3, -0.25) is 4.79 Å². The maximum Gasteiger partial charge on any atom is 0.282 e. The number of hydrogen-bond acceptors (Lipinski definition) is 4. The van der Waals surface area contributed by atoms with E-state index in [2.05, 4.69) is 34.0 Å². The number of rotatable bonds is 6. The summed E-state index contributed by atoms with van der Waals surface area (Å²) in [5, 5.41) is 7.27. The third kappa shape index (κ3) is 4.32. The summed E-state index contributed by atoms with van der Waals surface area (Å²) in [5.74, 6) is 1.39. The molecule has 164 valence electrons. The number of ether oxygens (including phenoxy) is 1. The van der Waals surface area contributed by atoms with Crippen molar-refractivity contribution in [3.63, 3.8) is 0 Å². The fourth-order valence-corrected chi connectivity index (χ4v) is 3.94. The molecular weight excluding hydrogens is 466 g/mol. The molecule has 1 aromatic heterocycles. The van der Waals surface area contributed by atoms with Gasteiger partial charge in [0.25, 0.3) is 5.56 Å². The van der Waals surface area contributed by atoms with Gasteiger partial charge in [-0.2, -0.15) is 9.78 Å². The molecule has 0 spiro atoms. The highest BCUT2D eigenvalue weighted by atomic mass is 79.9. The van der Waals surface area contributed by atoms with Gasteiger partial charge in [0.15, 0.2) is 0 Å². The third-order valence-electron chi connectivity index (χ3n) is 5.49. The summed E-state index contributed by atoms with van der Waals surface area (Å²) < 4.78 is 8.42. The Morgan fingerprint density at radius 3 is 2.62 bits per heavy atom. The standard InChI is InChI=1S/C26H26BrN3O2/c1-5-17(4)32-24-13-10-18-8-6-7-9-20(18)22(24)15-28-30-25(16(2)3)29-23-12-11-19(27)14-21(23)26(30)31/h6-17H,5H2,1-4H3/t17-/m0/s1. The van der Waals surface area contributed by atoms with E-state index in [0.717, 1.165) is 33.0 Å². The Kier molecular flexibility index (Phi) is 6.42. The molecule has 0 saturated carbocycles. The maximum atomic E-state index is 13.4. The monoisotopic (exact) mass is 491 g/mol. The lowest BCUT2D eigenvalue weighted by Gasteiger charge is -2.16. The first-order chi connectivity index (χ1) is 15.4. The summed E-state index contributed by atoms with van der Waals surface area (Å²) in [4.78, 5) is 18.1. The summed E-state index contributed by atoms with van der Waals surface area (Å²) in [6.07, 6.45) is 2.68. The number of aromatic nitrogens is 2. The minimum absolute atomic E-state index is 0.0243. The van der Waals surface area contributed by atoms with Crippen LogP contribution in [0.1, 0.15) is 51.4 Å². The van der Waals surface area contributed by atoms with E-state index in [-0.39, 0.29) is 17.6 Å². The van der Waals surface area contributed by atoms with Crippen molar-refractivity contribution in [3.8, 4) is 5.75 Å². The Morgan fingerprint density at radius 2 is 1.88 bits per heavy atom. The van der Waals surface area contributed by atoms with Crippen LogP contribution in [-0.2, 0) is 0 Å². The van der Waals surface area contributed by atoms with Crippen molar-refractivity contribution in [1.82, 2.24) is 9.66 Å². The topological polar surface area (TPSA) is 56.5 Å². The number of halogens is 1. The molecule has 32 heavy (non-hydrogen) atoms. The van der Waals surface area contributed by atoms with Gasteiger partial charge in [0.2, 0.25) is 0 Å². The second kappa shape index (κ2) is 9.25. The third-order valence-corrected chi connectivity index (χ3v) is 5.98. The fraction of sp³-hybridized carbons (Fsp3) is 0.269. The van der Waals surface area contributed by atoms with Crippen molar-refractivity contribution in [2.75, 3.05) is 0 Å². The zero-order chi connectivity index (χ0) is 22.8. The Morgan fingerprint density at radius 1 is 1.09 bits per heavy atom. The average Bonchev–Trinajstić information content (AvgIpc) is 2.79. The molecular formula is C26H26BrN3O2. The van der Waals surface area contributed by atoms with Gasteiger partial charge in [-0.1, -0.05) is 67.0 Å². The number of fused-ring (bicyclic) bond motifs is 2. The Hall–Kier alpha value is -2.99. The van der Waals surface area contributed by atoms with E-state index in [1.54, 1.807) is 12.3 Å². The molecule has 5 nitrogen and oxygen atoms in total. The van der Waals surface area contributed by atoms with Crippen LogP contribution in [0, 0.1) is 0 Å². The Bertz CT molecular complexity index is 1380. The predicted molar refractivity (Wildman–Crippen MR) is 135 cm³/mol. The molecule has 0 amide bonds. The highest BCUT2D eigenvalue weighted by Crippen LogP contribution is 2.28. The van der Waals surface area contributed by atoms with Gasteiger partial charge < -0.3 is 4.74 Å². The molecule has 0 aliphatic carbocycles. The normalized spacial score (nSPS) is 12.8. The van der Waals surface area contributed by atoms with Crippen molar-refractivity contribution in [1.29, 1.82) is 0 Å².